The number of hydrogen-bond acceptors (Lipinski definition) is 1. The number of rotatable bonds is 3. The van der Waals surface area contributed by atoms with Crippen LogP contribution < -0.4 is 0 Å². The third-order valence-electron chi connectivity index (χ3n) is 3.88. The predicted molar refractivity (Wildman–Crippen MR) is 83.3 cm³/mol. The van der Waals surface area contributed by atoms with Crippen molar-refractivity contribution in [1.29, 1.82) is 0 Å². The van der Waals surface area contributed by atoms with Gasteiger partial charge in [0, 0.05) is 29.4 Å². The summed E-state index contributed by atoms with van der Waals surface area (Å²) >= 11 is 6.10. The van der Waals surface area contributed by atoms with Crippen molar-refractivity contribution in [2.24, 2.45) is 5.41 Å². The van der Waals surface area contributed by atoms with Crippen molar-refractivity contribution in [2.45, 2.75) is 19.4 Å². The molecule has 20 heavy (non-hydrogen) atoms. The summed E-state index contributed by atoms with van der Waals surface area (Å²) in [5, 5.41) is 0.826. The lowest BCUT2D eigenvalue weighted by atomic mass is 9.73. The maximum Gasteiger partial charge on any atom is 0.0946 e. The van der Waals surface area contributed by atoms with Gasteiger partial charge in [0.1, 0.15) is 0 Å². The van der Waals surface area contributed by atoms with E-state index in [-0.39, 0.29) is 5.41 Å². The molecule has 0 saturated carbocycles. The Balaban J connectivity index is 1.96. The summed E-state index contributed by atoms with van der Waals surface area (Å²) in [4.78, 5) is 4.15. The minimum atomic E-state index is -0.0158. The SMILES string of the molecule is ClC1=CCC(Cn2ccnc2)(C2=CC=CC=CC2)C=C1. The highest BCUT2D eigenvalue weighted by atomic mass is 35.5. The van der Waals surface area contributed by atoms with Crippen molar-refractivity contribution < 1.29 is 0 Å². The number of halogens is 1. The summed E-state index contributed by atoms with van der Waals surface area (Å²) < 4.78 is 2.14. The molecule has 2 nitrogen and oxygen atoms in total. The van der Waals surface area contributed by atoms with Crippen LogP contribution in [-0.2, 0) is 6.54 Å². The topological polar surface area (TPSA) is 17.8 Å². The monoisotopic (exact) mass is 284 g/mol. The fourth-order valence-electron chi connectivity index (χ4n) is 2.76. The van der Waals surface area contributed by atoms with Gasteiger partial charge < -0.3 is 4.57 Å². The van der Waals surface area contributed by atoms with Crippen molar-refractivity contribution in [1.82, 2.24) is 9.55 Å². The first-order valence-electron chi connectivity index (χ1n) is 6.82. The Bertz CT molecular complexity index is 617. The second-order valence-corrected chi connectivity index (χ2v) is 5.66. The average Bonchev–Trinajstić information content (AvgIpc) is 2.80. The van der Waals surface area contributed by atoms with Crippen LogP contribution in [0.25, 0.3) is 0 Å². The molecule has 3 rings (SSSR count). The summed E-state index contributed by atoms with van der Waals surface area (Å²) in [5.41, 5.74) is 1.39. The van der Waals surface area contributed by atoms with Gasteiger partial charge in [0.2, 0.25) is 0 Å². The van der Waals surface area contributed by atoms with Gasteiger partial charge >= 0.3 is 0 Å². The van der Waals surface area contributed by atoms with E-state index in [1.807, 2.05) is 24.8 Å². The zero-order valence-corrected chi connectivity index (χ0v) is 12.0. The first-order valence-corrected chi connectivity index (χ1v) is 7.20. The van der Waals surface area contributed by atoms with Gasteiger partial charge in [-0.05, 0) is 18.9 Å². The molecule has 0 saturated heterocycles. The van der Waals surface area contributed by atoms with Crippen LogP contribution >= 0.6 is 11.6 Å². The quantitative estimate of drug-likeness (QED) is 0.805. The van der Waals surface area contributed by atoms with E-state index in [0.717, 1.165) is 24.4 Å². The molecule has 2 aliphatic rings. The van der Waals surface area contributed by atoms with Gasteiger partial charge in [-0.25, -0.2) is 4.98 Å². The number of nitrogens with zero attached hydrogens (tertiary/aromatic N) is 2. The lowest BCUT2D eigenvalue weighted by Crippen LogP contribution is -2.27. The third-order valence-corrected chi connectivity index (χ3v) is 4.16. The summed E-state index contributed by atoms with van der Waals surface area (Å²) in [6.45, 7) is 0.887. The van der Waals surface area contributed by atoms with Crippen molar-refractivity contribution in [3.8, 4) is 0 Å². The van der Waals surface area contributed by atoms with Crippen LogP contribution in [0.4, 0.5) is 0 Å². The highest BCUT2D eigenvalue weighted by Crippen LogP contribution is 2.41. The Labute approximate surface area is 124 Å². The molecule has 0 radical (unpaired) electrons. The molecule has 0 fully saturated rings. The molecule has 1 unspecified atom stereocenters. The summed E-state index contributed by atoms with van der Waals surface area (Å²) in [7, 11) is 0. The van der Waals surface area contributed by atoms with Crippen LogP contribution in [0.15, 0.2) is 77.9 Å². The molecule has 1 aromatic rings. The molecular weight excluding hydrogens is 268 g/mol. The minimum Gasteiger partial charge on any atom is -0.336 e. The standard InChI is InChI=1S/C17H17ClN2/c18-16-7-9-17(10-8-16,13-20-12-11-19-14-20)15-5-3-1-2-4-6-15/h1-5,7-9,11-12,14H,6,10,13H2. The second kappa shape index (κ2) is 5.68. The van der Waals surface area contributed by atoms with Crippen LogP contribution in [0.2, 0.25) is 0 Å². The van der Waals surface area contributed by atoms with E-state index in [1.54, 1.807) is 0 Å². The fraction of sp³-hybridized carbons (Fsp3) is 0.235. The van der Waals surface area contributed by atoms with Gasteiger partial charge in [0.15, 0.2) is 0 Å². The van der Waals surface area contributed by atoms with Crippen molar-refractivity contribution in [3.63, 3.8) is 0 Å². The summed E-state index contributed by atoms with van der Waals surface area (Å²) in [6, 6.07) is 0. The fourth-order valence-corrected chi connectivity index (χ4v) is 2.90. The average molecular weight is 285 g/mol. The van der Waals surface area contributed by atoms with Crippen molar-refractivity contribution >= 4 is 11.6 Å². The molecule has 1 atom stereocenters. The number of hydrogen-bond donors (Lipinski definition) is 0. The maximum atomic E-state index is 6.10. The van der Waals surface area contributed by atoms with Crippen molar-refractivity contribution in [3.05, 3.63) is 77.9 Å². The van der Waals surface area contributed by atoms with Gasteiger partial charge in [-0.15, -0.1) is 0 Å². The van der Waals surface area contributed by atoms with Gasteiger partial charge in [-0.1, -0.05) is 59.7 Å². The number of aromatic nitrogens is 2. The van der Waals surface area contributed by atoms with Crippen LogP contribution in [0.5, 0.6) is 0 Å². The maximum absolute atomic E-state index is 6.10. The lowest BCUT2D eigenvalue weighted by molar-refractivity contribution is 0.379. The predicted octanol–water partition coefficient (Wildman–Crippen LogP) is 4.39. The normalized spacial score (nSPS) is 25.2. The molecule has 1 aromatic heterocycles. The van der Waals surface area contributed by atoms with E-state index < -0.39 is 0 Å². The molecular formula is C17H17ClN2. The van der Waals surface area contributed by atoms with Crippen LogP contribution in [0.1, 0.15) is 12.8 Å². The van der Waals surface area contributed by atoms with E-state index in [0.29, 0.717) is 0 Å². The van der Waals surface area contributed by atoms with E-state index in [1.165, 1.54) is 5.57 Å². The zero-order valence-electron chi connectivity index (χ0n) is 11.2. The van der Waals surface area contributed by atoms with Gasteiger partial charge in [-0.2, -0.15) is 0 Å². The molecule has 3 heteroatoms. The Morgan fingerprint density at radius 3 is 3.00 bits per heavy atom. The Morgan fingerprint density at radius 1 is 1.30 bits per heavy atom. The van der Waals surface area contributed by atoms with Gasteiger partial charge in [0.05, 0.1) is 6.33 Å². The Morgan fingerprint density at radius 2 is 2.25 bits per heavy atom. The van der Waals surface area contributed by atoms with Gasteiger partial charge in [-0.3, -0.25) is 0 Å². The third kappa shape index (κ3) is 2.70. The molecule has 0 spiro atoms. The Hall–Kier alpha value is -1.80. The van der Waals surface area contributed by atoms with E-state index in [9.17, 15) is 0 Å². The first-order chi connectivity index (χ1) is 9.78. The molecule has 102 valence electrons. The molecule has 0 aromatic carbocycles. The highest BCUT2D eigenvalue weighted by Gasteiger charge is 2.32. The van der Waals surface area contributed by atoms with E-state index >= 15 is 0 Å². The first kappa shape index (κ1) is 13.2. The summed E-state index contributed by atoms with van der Waals surface area (Å²) in [6.07, 6.45) is 24.7. The van der Waals surface area contributed by atoms with Crippen LogP contribution in [0, 0.1) is 5.41 Å². The lowest BCUT2D eigenvalue weighted by Gasteiger charge is -2.34. The molecule has 0 amide bonds. The zero-order chi connectivity index (χ0) is 13.8. The highest BCUT2D eigenvalue weighted by molar-refractivity contribution is 6.31. The molecule has 2 aliphatic carbocycles. The van der Waals surface area contributed by atoms with E-state index in [2.05, 4.69) is 52.1 Å². The Kier molecular flexibility index (Phi) is 3.75. The second-order valence-electron chi connectivity index (χ2n) is 5.23. The molecule has 0 aliphatic heterocycles. The smallest absolute Gasteiger partial charge is 0.0946 e. The van der Waals surface area contributed by atoms with Crippen LogP contribution in [0.3, 0.4) is 0 Å². The summed E-state index contributed by atoms with van der Waals surface area (Å²) in [5.74, 6) is 0. The van der Waals surface area contributed by atoms with Gasteiger partial charge in [0.25, 0.3) is 0 Å². The minimum absolute atomic E-state index is 0.0158. The number of allylic oxidation sites excluding steroid dienone is 10. The molecule has 0 N–H and O–H groups in total. The number of imidazole rings is 1. The largest absolute Gasteiger partial charge is 0.336 e. The van der Waals surface area contributed by atoms with Crippen molar-refractivity contribution in [2.75, 3.05) is 0 Å². The molecule has 0 bridgehead atoms. The van der Waals surface area contributed by atoms with Crippen LogP contribution in [-0.4, -0.2) is 9.55 Å². The molecule has 1 heterocycles. The van der Waals surface area contributed by atoms with E-state index in [4.69, 9.17) is 11.6 Å².